The maximum absolute atomic E-state index is 12.7. The molecule has 1 saturated heterocycles. The zero-order valence-corrected chi connectivity index (χ0v) is 18.0. The number of pyridine rings is 2. The monoisotopic (exact) mass is 409 g/mol. The molecular weight excluding hydrogens is 378 g/mol. The molecule has 1 amide bonds. The lowest BCUT2D eigenvalue weighted by atomic mass is 10.0. The Labute approximate surface area is 178 Å². The molecular formula is C23H31N5O2. The minimum atomic E-state index is -0.107. The van der Waals surface area contributed by atoms with Gasteiger partial charge in [0.2, 0.25) is 5.91 Å². The van der Waals surface area contributed by atoms with Crippen LogP contribution in [0.3, 0.4) is 0 Å². The van der Waals surface area contributed by atoms with E-state index in [-0.39, 0.29) is 17.5 Å². The van der Waals surface area contributed by atoms with Crippen LogP contribution in [0.15, 0.2) is 53.7 Å². The summed E-state index contributed by atoms with van der Waals surface area (Å²) in [6.07, 6.45) is 10.7. The third-order valence-electron chi connectivity index (χ3n) is 5.43. The van der Waals surface area contributed by atoms with E-state index in [1.807, 2.05) is 48.2 Å². The summed E-state index contributed by atoms with van der Waals surface area (Å²) < 4.78 is 0. The first-order valence-electron chi connectivity index (χ1n) is 10.5. The lowest BCUT2D eigenvalue weighted by molar-refractivity contribution is -0.127. The summed E-state index contributed by atoms with van der Waals surface area (Å²) in [4.78, 5) is 38.3. The van der Waals surface area contributed by atoms with E-state index in [4.69, 9.17) is 0 Å². The van der Waals surface area contributed by atoms with Gasteiger partial charge in [0.1, 0.15) is 5.69 Å². The lowest BCUT2D eigenvalue weighted by Gasteiger charge is -2.39. The Morgan fingerprint density at radius 1 is 1.30 bits per heavy atom. The number of nitrogens with one attached hydrogen (secondary N) is 1. The van der Waals surface area contributed by atoms with Crippen molar-refractivity contribution in [3.05, 3.63) is 59.3 Å². The molecule has 160 valence electrons. The number of rotatable bonds is 7. The Morgan fingerprint density at radius 2 is 2.07 bits per heavy atom. The van der Waals surface area contributed by atoms with Gasteiger partial charge in [-0.25, -0.2) is 0 Å². The first-order valence-corrected chi connectivity index (χ1v) is 10.5. The van der Waals surface area contributed by atoms with Crippen LogP contribution in [-0.4, -0.2) is 72.0 Å². The molecule has 0 unspecified atom stereocenters. The number of carbonyl (C=O) groups is 1. The van der Waals surface area contributed by atoms with Crippen molar-refractivity contribution in [2.24, 2.45) is 0 Å². The zero-order chi connectivity index (χ0) is 21.5. The minimum absolute atomic E-state index is 0.0389. The van der Waals surface area contributed by atoms with Crippen LogP contribution in [0.4, 0.5) is 5.69 Å². The molecule has 0 saturated carbocycles. The Hall–Kier alpha value is -2.93. The lowest BCUT2D eigenvalue weighted by Crippen LogP contribution is -2.50. The van der Waals surface area contributed by atoms with Crippen LogP contribution in [0.25, 0.3) is 11.1 Å². The second kappa shape index (κ2) is 10.2. The van der Waals surface area contributed by atoms with Gasteiger partial charge in [-0.2, -0.15) is 0 Å². The summed E-state index contributed by atoms with van der Waals surface area (Å²) >= 11 is 0. The maximum atomic E-state index is 12.7. The van der Waals surface area contributed by atoms with Crippen molar-refractivity contribution in [3.8, 4) is 11.1 Å². The van der Waals surface area contributed by atoms with Crippen LogP contribution in [0.1, 0.15) is 19.8 Å². The molecule has 2 aromatic rings. The van der Waals surface area contributed by atoms with Crippen molar-refractivity contribution in [1.29, 1.82) is 0 Å². The number of likely N-dealkylation sites (tertiary alicyclic amines) is 1. The second-order valence-corrected chi connectivity index (χ2v) is 7.87. The fourth-order valence-electron chi connectivity index (χ4n) is 3.90. The second-order valence-electron chi connectivity index (χ2n) is 7.87. The maximum Gasteiger partial charge on any atom is 0.271 e. The number of hydrogen-bond donors (Lipinski definition) is 1. The summed E-state index contributed by atoms with van der Waals surface area (Å²) in [6.45, 7) is 4.87. The van der Waals surface area contributed by atoms with Crippen LogP contribution in [-0.2, 0) is 4.79 Å². The predicted molar refractivity (Wildman–Crippen MR) is 121 cm³/mol. The summed E-state index contributed by atoms with van der Waals surface area (Å²) in [5.41, 5.74) is 2.49. The Balaban J connectivity index is 1.79. The van der Waals surface area contributed by atoms with Crippen LogP contribution in [0, 0.1) is 0 Å². The van der Waals surface area contributed by atoms with E-state index in [1.54, 1.807) is 24.7 Å². The predicted octanol–water partition coefficient (Wildman–Crippen LogP) is 2.37. The smallest absolute Gasteiger partial charge is 0.271 e. The fraction of sp³-hybridized carbons (Fsp3) is 0.435. The molecule has 1 N–H and O–H groups in total. The van der Waals surface area contributed by atoms with Crippen LogP contribution in [0.5, 0.6) is 0 Å². The number of carbonyl (C=O) groups excluding carboxylic acids is 1. The van der Waals surface area contributed by atoms with Crippen molar-refractivity contribution < 1.29 is 4.79 Å². The van der Waals surface area contributed by atoms with E-state index >= 15 is 0 Å². The highest BCUT2D eigenvalue weighted by atomic mass is 16.2. The van der Waals surface area contributed by atoms with E-state index in [0.717, 1.165) is 37.1 Å². The number of aromatic nitrogens is 2. The number of amides is 1. The van der Waals surface area contributed by atoms with Crippen molar-refractivity contribution in [1.82, 2.24) is 19.8 Å². The highest BCUT2D eigenvalue weighted by molar-refractivity contribution is 5.87. The molecule has 0 aliphatic carbocycles. The highest BCUT2D eigenvalue weighted by Crippen LogP contribution is 2.25. The Morgan fingerprint density at radius 3 is 2.77 bits per heavy atom. The normalized spacial score (nSPS) is 16.9. The molecule has 2 aromatic heterocycles. The quantitative estimate of drug-likeness (QED) is 0.711. The van der Waals surface area contributed by atoms with Crippen LogP contribution < -0.4 is 10.5 Å². The van der Waals surface area contributed by atoms with Gasteiger partial charge in [0.05, 0.1) is 0 Å². The van der Waals surface area contributed by atoms with Gasteiger partial charge >= 0.3 is 0 Å². The molecule has 0 aromatic carbocycles. The summed E-state index contributed by atoms with van der Waals surface area (Å²) in [5.74, 6) is 0.0389. The number of hydrogen-bond acceptors (Lipinski definition) is 5. The van der Waals surface area contributed by atoms with E-state index in [1.165, 1.54) is 0 Å². The molecule has 1 aliphatic heterocycles. The van der Waals surface area contributed by atoms with E-state index in [9.17, 15) is 9.59 Å². The molecule has 3 heterocycles. The SMILES string of the molecule is CCN(c1cc(-c2ccncc2)c[nH]c1=O)[C@H]1CCCN(C(=O)C=CCN(C)C)C1. The average Bonchev–Trinajstić information content (AvgIpc) is 2.76. The van der Waals surface area contributed by atoms with Crippen molar-refractivity contribution in [2.45, 2.75) is 25.8 Å². The largest absolute Gasteiger partial charge is 0.363 e. The highest BCUT2D eigenvalue weighted by Gasteiger charge is 2.28. The van der Waals surface area contributed by atoms with Crippen LogP contribution >= 0.6 is 0 Å². The molecule has 3 rings (SSSR count). The first kappa shape index (κ1) is 21.8. The number of H-pyrrole nitrogens is 1. The summed E-state index contributed by atoms with van der Waals surface area (Å²) in [6, 6.07) is 5.91. The number of likely N-dealkylation sites (N-methyl/N-ethyl adjacent to an activating group) is 2. The number of aromatic amines is 1. The van der Waals surface area contributed by atoms with Gasteiger partial charge in [0.15, 0.2) is 0 Å². The van der Waals surface area contributed by atoms with Crippen molar-refractivity contribution in [2.75, 3.05) is 45.2 Å². The van der Waals surface area contributed by atoms with E-state index in [0.29, 0.717) is 18.8 Å². The van der Waals surface area contributed by atoms with Gasteiger partial charge in [-0.3, -0.25) is 14.6 Å². The Kier molecular flexibility index (Phi) is 7.41. The molecule has 1 atom stereocenters. The van der Waals surface area contributed by atoms with Gasteiger partial charge < -0.3 is 19.7 Å². The molecule has 1 fully saturated rings. The standard InChI is InChI=1S/C23H31N5O2/c1-4-28(20-7-5-14-27(17-20)22(29)8-6-13-26(2)3)21-15-19(16-25-23(21)30)18-9-11-24-12-10-18/h6,8-12,15-16,20H,4-5,7,13-14,17H2,1-3H3,(H,25,30)/t20-/m0/s1. The van der Waals surface area contributed by atoms with Crippen molar-refractivity contribution in [3.63, 3.8) is 0 Å². The molecule has 30 heavy (non-hydrogen) atoms. The number of anilines is 1. The number of nitrogens with zero attached hydrogens (tertiary/aromatic N) is 4. The van der Waals surface area contributed by atoms with E-state index in [2.05, 4.69) is 21.8 Å². The van der Waals surface area contributed by atoms with Gasteiger partial charge in [0.25, 0.3) is 5.56 Å². The first-order chi connectivity index (χ1) is 14.5. The van der Waals surface area contributed by atoms with Gasteiger partial charge in [-0.15, -0.1) is 0 Å². The molecule has 0 radical (unpaired) electrons. The third kappa shape index (κ3) is 5.36. The topological polar surface area (TPSA) is 72.5 Å². The molecule has 1 aliphatic rings. The molecule has 0 bridgehead atoms. The average molecular weight is 410 g/mol. The molecule has 7 heteroatoms. The van der Waals surface area contributed by atoms with Crippen LogP contribution in [0.2, 0.25) is 0 Å². The Bertz CT molecular complexity index is 923. The summed E-state index contributed by atoms with van der Waals surface area (Å²) in [5, 5.41) is 0. The molecule has 0 spiro atoms. The number of piperidine rings is 1. The van der Waals surface area contributed by atoms with Gasteiger partial charge in [-0.1, -0.05) is 6.08 Å². The van der Waals surface area contributed by atoms with E-state index < -0.39 is 0 Å². The fourth-order valence-corrected chi connectivity index (χ4v) is 3.90. The summed E-state index contributed by atoms with van der Waals surface area (Å²) in [7, 11) is 3.95. The minimum Gasteiger partial charge on any atom is -0.363 e. The van der Waals surface area contributed by atoms with Gasteiger partial charge in [0, 0.05) is 62.5 Å². The van der Waals surface area contributed by atoms with Crippen molar-refractivity contribution >= 4 is 11.6 Å². The zero-order valence-electron chi connectivity index (χ0n) is 18.0. The third-order valence-corrected chi connectivity index (χ3v) is 5.43. The molecule has 7 nitrogen and oxygen atoms in total. The van der Waals surface area contributed by atoms with Gasteiger partial charge in [-0.05, 0) is 57.6 Å².